The Bertz CT molecular complexity index is 1090. The Morgan fingerprint density at radius 2 is 1.75 bits per heavy atom. The zero-order valence-electron chi connectivity index (χ0n) is 17.1. The van der Waals surface area contributed by atoms with Crippen molar-refractivity contribution in [3.05, 3.63) is 82.4 Å². The lowest BCUT2D eigenvalue weighted by atomic mass is 10.1. The van der Waals surface area contributed by atoms with Crippen LogP contribution in [0.1, 0.15) is 27.1 Å². The number of anilines is 1. The second-order valence-corrected chi connectivity index (χ2v) is 6.88. The number of carbonyl (C=O) groups excluding carboxylic acids is 4. The number of nitrogens with zero attached hydrogens (tertiary/aromatic N) is 3. The third-order valence-electron chi connectivity index (χ3n) is 4.96. The second-order valence-electron chi connectivity index (χ2n) is 6.88. The number of hydrogen-bond acceptors (Lipinski definition) is 7. The molecule has 3 amide bonds. The Kier molecular flexibility index (Phi) is 6.43. The largest absolute Gasteiger partial charge is 0.465 e. The summed E-state index contributed by atoms with van der Waals surface area (Å²) in [5.74, 6) is -2.22. The lowest BCUT2D eigenvalue weighted by Crippen LogP contribution is -2.45. The number of amides is 3. The SMILES string of the molecule is C=CCN(C(=O)c1ccc([N+](=O)[O-])cc1)C1CC(=O)N(c2ccc(C(=O)OC)cc2)C1=O. The van der Waals surface area contributed by atoms with Gasteiger partial charge in [0, 0.05) is 24.2 Å². The van der Waals surface area contributed by atoms with E-state index >= 15 is 0 Å². The summed E-state index contributed by atoms with van der Waals surface area (Å²) >= 11 is 0. The van der Waals surface area contributed by atoms with Gasteiger partial charge in [0.05, 0.1) is 29.7 Å². The van der Waals surface area contributed by atoms with Crippen molar-refractivity contribution in [3.8, 4) is 0 Å². The number of ether oxygens (including phenoxy) is 1. The number of rotatable bonds is 7. The number of nitro benzene ring substituents is 1. The molecular weight excluding hydrogens is 418 g/mol. The van der Waals surface area contributed by atoms with Gasteiger partial charge in [-0.15, -0.1) is 6.58 Å². The van der Waals surface area contributed by atoms with E-state index in [9.17, 15) is 29.3 Å². The van der Waals surface area contributed by atoms with Crippen LogP contribution in [-0.4, -0.2) is 53.2 Å². The maximum atomic E-state index is 13.1. The third-order valence-corrected chi connectivity index (χ3v) is 4.96. The van der Waals surface area contributed by atoms with Crippen LogP contribution in [0.4, 0.5) is 11.4 Å². The van der Waals surface area contributed by atoms with Crippen molar-refractivity contribution in [2.75, 3.05) is 18.6 Å². The molecule has 2 aromatic carbocycles. The highest BCUT2D eigenvalue weighted by atomic mass is 16.6. The van der Waals surface area contributed by atoms with Crippen molar-refractivity contribution in [2.24, 2.45) is 0 Å². The smallest absolute Gasteiger partial charge is 0.337 e. The van der Waals surface area contributed by atoms with Gasteiger partial charge in [0.2, 0.25) is 5.91 Å². The monoisotopic (exact) mass is 437 g/mol. The van der Waals surface area contributed by atoms with Crippen molar-refractivity contribution in [3.63, 3.8) is 0 Å². The maximum absolute atomic E-state index is 13.1. The number of imide groups is 1. The third kappa shape index (κ3) is 4.24. The molecule has 0 radical (unpaired) electrons. The first-order chi connectivity index (χ1) is 15.3. The number of methoxy groups -OCH3 is 1. The molecule has 32 heavy (non-hydrogen) atoms. The van der Waals surface area contributed by atoms with Crippen LogP contribution < -0.4 is 4.90 Å². The highest BCUT2D eigenvalue weighted by molar-refractivity contribution is 6.23. The van der Waals surface area contributed by atoms with Gasteiger partial charge in [0.15, 0.2) is 0 Å². The number of hydrogen-bond donors (Lipinski definition) is 0. The zero-order chi connectivity index (χ0) is 23.4. The van der Waals surface area contributed by atoms with Crippen LogP contribution in [0.3, 0.4) is 0 Å². The van der Waals surface area contributed by atoms with E-state index in [0.717, 1.165) is 4.90 Å². The number of benzene rings is 2. The number of nitro groups is 1. The summed E-state index contributed by atoms with van der Waals surface area (Å²) in [6.45, 7) is 3.60. The fourth-order valence-corrected chi connectivity index (χ4v) is 3.38. The van der Waals surface area contributed by atoms with Gasteiger partial charge in [-0.1, -0.05) is 6.08 Å². The van der Waals surface area contributed by atoms with E-state index in [4.69, 9.17) is 0 Å². The summed E-state index contributed by atoms with van der Waals surface area (Å²) in [5.41, 5.74) is 0.481. The molecule has 0 N–H and O–H groups in total. The van der Waals surface area contributed by atoms with Gasteiger partial charge in [0.25, 0.3) is 17.5 Å². The van der Waals surface area contributed by atoms with Crippen molar-refractivity contribution < 1.29 is 28.8 Å². The van der Waals surface area contributed by atoms with Crippen molar-refractivity contribution in [1.29, 1.82) is 0 Å². The molecule has 10 nitrogen and oxygen atoms in total. The normalized spacial score (nSPS) is 15.4. The van der Waals surface area contributed by atoms with Gasteiger partial charge < -0.3 is 9.64 Å². The Morgan fingerprint density at radius 1 is 1.16 bits per heavy atom. The predicted molar refractivity (Wildman–Crippen MR) is 113 cm³/mol. The summed E-state index contributed by atoms with van der Waals surface area (Å²) in [5, 5.41) is 10.8. The van der Waals surface area contributed by atoms with E-state index < -0.39 is 34.7 Å². The van der Waals surface area contributed by atoms with Gasteiger partial charge in [0.1, 0.15) is 6.04 Å². The summed E-state index contributed by atoms with van der Waals surface area (Å²) in [6.07, 6.45) is 1.19. The van der Waals surface area contributed by atoms with Gasteiger partial charge in [-0.3, -0.25) is 24.5 Å². The number of esters is 1. The Hall–Kier alpha value is -4.34. The van der Waals surface area contributed by atoms with E-state index in [1.54, 1.807) is 0 Å². The van der Waals surface area contributed by atoms with Crippen LogP contribution in [0, 0.1) is 10.1 Å². The molecule has 1 unspecified atom stereocenters. The Balaban J connectivity index is 1.86. The lowest BCUT2D eigenvalue weighted by Gasteiger charge is -2.26. The van der Waals surface area contributed by atoms with E-state index in [1.165, 1.54) is 66.6 Å². The number of non-ortho nitro benzene ring substituents is 1. The van der Waals surface area contributed by atoms with Gasteiger partial charge in [-0.05, 0) is 36.4 Å². The molecule has 164 valence electrons. The second kappa shape index (κ2) is 9.21. The molecule has 1 aliphatic rings. The molecule has 3 rings (SSSR count). The molecule has 0 aromatic heterocycles. The van der Waals surface area contributed by atoms with Crippen LogP contribution in [0.2, 0.25) is 0 Å². The minimum Gasteiger partial charge on any atom is -0.465 e. The minimum atomic E-state index is -1.07. The van der Waals surface area contributed by atoms with Crippen LogP contribution >= 0.6 is 0 Å². The first-order valence-corrected chi connectivity index (χ1v) is 9.50. The van der Waals surface area contributed by atoms with Crippen LogP contribution in [0.5, 0.6) is 0 Å². The topological polar surface area (TPSA) is 127 Å². The van der Waals surface area contributed by atoms with Crippen LogP contribution in [0.25, 0.3) is 0 Å². The first-order valence-electron chi connectivity index (χ1n) is 9.50. The molecule has 1 fully saturated rings. The highest BCUT2D eigenvalue weighted by Crippen LogP contribution is 2.27. The van der Waals surface area contributed by atoms with E-state index in [1.807, 2.05) is 0 Å². The average molecular weight is 437 g/mol. The first kappa shape index (κ1) is 22.3. The molecule has 1 heterocycles. The molecule has 2 aromatic rings. The Morgan fingerprint density at radius 3 is 2.28 bits per heavy atom. The van der Waals surface area contributed by atoms with Crippen molar-refractivity contribution in [1.82, 2.24) is 4.90 Å². The van der Waals surface area contributed by atoms with E-state index in [0.29, 0.717) is 0 Å². The van der Waals surface area contributed by atoms with E-state index in [2.05, 4.69) is 11.3 Å². The van der Waals surface area contributed by atoms with Crippen LogP contribution in [0.15, 0.2) is 61.2 Å². The molecule has 1 aliphatic heterocycles. The van der Waals surface area contributed by atoms with Gasteiger partial charge in [-0.25, -0.2) is 9.69 Å². The predicted octanol–water partition coefficient (Wildman–Crippen LogP) is 2.34. The standard InChI is InChI=1S/C22H19N3O7/c1-3-12-23(20(27)14-4-10-17(11-5-14)25(30)31)18-13-19(26)24(21(18)28)16-8-6-15(7-9-16)22(29)32-2/h3-11,18H,1,12-13H2,2H3. The van der Waals surface area contributed by atoms with Crippen LogP contribution in [-0.2, 0) is 14.3 Å². The molecular formula is C22H19N3O7. The number of carbonyl (C=O) groups is 4. The quantitative estimate of drug-likeness (QED) is 0.214. The van der Waals surface area contributed by atoms with Crippen molar-refractivity contribution in [2.45, 2.75) is 12.5 Å². The summed E-state index contributed by atoms with van der Waals surface area (Å²) in [6, 6.07) is 9.65. The molecule has 0 aliphatic carbocycles. The highest BCUT2D eigenvalue weighted by Gasteiger charge is 2.44. The minimum absolute atomic E-state index is 0.00533. The lowest BCUT2D eigenvalue weighted by molar-refractivity contribution is -0.384. The molecule has 0 spiro atoms. The fourth-order valence-electron chi connectivity index (χ4n) is 3.38. The molecule has 1 atom stereocenters. The van der Waals surface area contributed by atoms with Gasteiger partial charge in [-0.2, -0.15) is 0 Å². The molecule has 1 saturated heterocycles. The summed E-state index contributed by atoms with van der Waals surface area (Å²) in [4.78, 5) is 62.8. The van der Waals surface area contributed by atoms with Gasteiger partial charge >= 0.3 is 5.97 Å². The molecule has 0 saturated carbocycles. The average Bonchev–Trinajstić information content (AvgIpc) is 3.10. The Labute approximate surface area is 182 Å². The van der Waals surface area contributed by atoms with Crippen molar-refractivity contribution >= 4 is 35.1 Å². The molecule has 0 bridgehead atoms. The fraction of sp³-hybridized carbons (Fsp3) is 0.182. The zero-order valence-corrected chi connectivity index (χ0v) is 17.1. The van der Waals surface area contributed by atoms with E-state index in [-0.39, 0.29) is 35.5 Å². The molecule has 10 heteroatoms. The maximum Gasteiger partial charge on any atom is 0.337 e. The summed E-state index contributed by atoms with van der Waals surface area (Å²) in [7, 11) is 1.24. The summed E-state index contributed by atoms with van der Waals surface area (Å²) < 4.78 is 4.63.